The van der Waals surface area contributed by atoms with E-state index >= 15 is 0 Å². The first kappa shape index (κ1) is 14.5. The lowest BCUT2D eigenvalue weighted by molar-refractivity contribution is -0.133. The van der Waals surface area contributed by atoms with Crippen LogP contribution in [0.3, 0.4) is 0 Å². The van der Waals surface area contributed by atoms with E-state index in [9.17, 15) is 9.90 Å². The van der Waals surface area contributed by atoms with Crippen LogP contribution in [0.25, 0.3) is 0 Å². The molecule has 21 heavy (non-hydrogen) atoms. The third kappa shape index (κ3) is 4.04. The van der Waals surface area contributed by atoms with E-state index < -0.39 is 6.10 Å². The van der Waals surface area contributed by atoms with Crippen molar-refractivity contribution in [1.82, 2.24) is 20.0 Å². The second kappa shape index (κ2) is 6.58. The number of carbonyl (C=O) groups is 1. The molecule has 0 aromatic carbocycles. The Kier molecular flexibility index (Phi) is 4.55. The number of aromatic nitrogens is 2. The molecule has 1 unspecified atom stereocenters. The first-order valence-corrected chi connectivity index (χ1v) is 7.90. The van der Waals surface area contributed by atoms with Gasteiger partial charge in [0, 0.05) is 25.0 Å². The van der Waals surface area contributed by atoms with Crippen LogP contribution in [-0.2, 0) is 11.3 Å². The van der Waals surface area contributed by atoms with E-state index in [4.69, 9.17) is 0 Å². The van der Waals surface area contributed by atoms with E-state index in [0.717, 1.165) is 51.9 Å². The number of hydrogen-bond acceptors (Lipinski definition) is 4. The molecule has 1 saturated carbocycles. The Morgan fingerprint density at radius 1 is 1.29 bits per heavy atom. The Hall–Kier alpha value is -1.40. The van der Waals surface area contributed by atoms with E-state index in [1.54, 1.807) is 6.20 Å². The highest BCUT2D eigenvalue weighted by Crippen LogP contribution is 2.23. The van der Waals surface area contributed by atoms with Crippen molar-refractivity contribution in [2.24, 2.45) is 5.92 Å². The van der Waals surface area contributed by atoms with Crippen LogP contribution in [0.2, 0.25) is 0 Å². The zero-order valence-electron chi connectivity index (χ0n) is 12.3. The van der Waals surface area contributed by atoms with Gasteiger partial charge in [-0.25, -0.2) is 0 Å². The van der Waals surface area contributed by atoms with Crippen LogP contribution in [0.15, 0.2) is 18.5 Å². The first-order chi connectivity index (χ1) is 10.2. The van der Waals surface area contributed by atoms with Gasteiger partial charge in [0.1, 0.15) is 6.10 Å². The van der Waals surface area contributed by atoms with Gasteiger partial charge in [-0.05, 0) is 50.8 Å². The zero-order valence-corrected chi connectivity index (χ0v) is 12.3. The summed E-state index contributed by atoms with van der Waals surface area (Å²) in [6.45, 7) is 3.75. The van der Waals surface area contributed by atoms with E-state index in [1.807, 2.05) is 16.9 Å². The maximum atomic E-state index is 11.9. The Morgan fingerprint density at radius 2 is 2.05 bits per heavy atom. The van der Waals surface area contributed by atoms with E-state index in [0.29, 0.717) is 6.04 Å². The summed E-state index contributed by atoms with van der Waals surface area (Å²) in [5.74, 6) is -0.0720. The molecule has 6 heteroatoms. The van der Waals surface area contributed by atoms with Gasteiger partial charge < -0.3 is 15.3 Å². The highest BCUT2D eigenvalue weighted by atomic mass is 16.3. The van der Waals surface area contributed by atoms with Crippen molar-refractivity contribution in [3.8, 4) is 0 Å². The minimum atomic E-state index is -0.834. The number of piperidine rings is 1. The van der Waals surface area contributed by atoms with Crippen LogP contribution in [0, 0.1) is 5.92 Å². The number of nitrogens with zero attached hydrogens (tertiary/aromatic N) is 3. The molecule has 1 amide bonds. The average Bonchev–Trinajstić information content (AvgIpc) is 3.16. The Labute approximate surface area is 125 Å². The lowest BCUT2D eigenvalue weighted by Crippen LogP contribution is -2.45. The highest BCUT2D eigenvalue weighted by Gasteiger charge is 2.32. The van der Waals surface area contributed by atoms with Gasteiger partial charge in [0.05, 0.1) is 6.54 Å². The zero-order chi connectivity index (χ0) is 14.7. The van der Waals surface area contributed by atoms with Crippen molar-refractivity contribution < 1.29 is 9.90 Å². The average molecular weight is 292 g/mol. The fraction of sp³-hybridized carbons (Fsp3) is 0.733. The molecule has 1 aromatic rings. The second-order valence-electron chi connectivity index (χ2n) is 6.18. The smallest absolute Gasteiger partial charge is 0.249 e. The third-order valence-corrected chi connectivity index (χ3v) is 4.48. The predicted molar refractivity (Wildman–Crippen MR) is 78.6 cm³/mol. The van der Waals surface area contributed by atoms with Crippen molar-refractivity contribution in [2.75, 3.05) is 19.6 Å². The molecule has 1 atom stereocenters. The fourth-order valence-electron chi connectivity index (χ4n) is 2.90. The van der Waals surface area contributed by atoms with Crippen molar-refractivity contribution in [1.29, 1.82) is 0 Å². The predicted octanol–water partition coefficient (Wildman–Crippen LogP) is 0.235. The van der Waals surface area contributed by atoms with Crippen LogP contribution >= 0.6 is 0 Å². The molecule has 2 fully saturated rings. The molecule has 2 N–H and O–H groups in total. The summed E-state index contributed by atoms with van der Waals surface area (Å²) < 4.78 is 1.93. The Morgan fingerprint density at radius 3 is 2.67 bits per heavy atom. The third-order valence-electron chi connectivity index (χ3n) is 4.48. The monoisotopic (exact) mass is 292 g/mol. The van der Waals surface area contributed by atoms with Crippen LogP contribution in [0.4, 0.5) is 0 Å². The number of hydrogen-bond donors (Lipinski definition) is 2. The standard InChI is InChI=1S/C15H24N4O2/c20-14(15(21)17-13-2-3-13)12-4-8-18(9-5-12)10-11-19-7-1-6-16-19/h1,6-7,12-14,20H,2-5,8-11H2,(H,17,21). The molecular weight excluding hydrogens is 268 g/mol. The van der Waals surface area contributed by atoms with E-state index in [1.165, 1.54) is 0 Å². The molecule has 0 spiro atoms. The number of aliphatic hydroxyl groups is 1. The quantitative estimate of drug-likeness (QED) is 0.788. The van der Waals surface area contributed by atoms with Gasteiger partial charge in [-0.2, -0.15) is 5.10 Å². The molecule has 116 valence electrons. The number of nitrogens with one attached hydrogen (secondary N) is 1. The van der Waals surface area contributed by atoms with Gasteiger partial charge >= 0.3 is 0 Å². The lowest BCUT2D eigenvalue weighted by atomic mass is 9.90. The van der Waals surface area contributed by atoms with Crippen molar-refractivity contribution in [2.45, 2.75) is 44.4 Å². The molecule has 0 radical (unpaired) electrons. The Balaban J connectivity index is 1.38. The summed E-state index contributed by atoms with van der Waals surface area (Å²) in [5, 5.41) is 17.2. The number of carbonyl (C=O) groups excluding carboxylic acids is 1. The number of aliphatic hydroxyl groups excluding tert-OH is 1. The number of likely N-dealkylation sites (tertiary alicyclic amines) is 1. The van der Waals surface area contributed by atoms with Gasteiger partial charge in [0.15, 0.2) is 0 Å². The Bertz CT molecular complexity index is 450. The van der Waals surface area contributed by atoms with Crippen LogP contribution in [0.1, 0.15) is 25.7 Å². The summed E-state index contributed by atoms with van der Waals surface area (Å²) in [6.07, 6.45) is 6.82. The molecule has 1 aliphatic heterocycles. The molecule has 3 rings (SSSR count). The van der Waals surface area contributed by atoms with E-state index in [2.05, 4.69) is 15.3 Å². The summed E-state index contributed by atoms with van der Waals surface area (Å²) in [5.41, 5.74) is 0. The van der Waals surface area contributed by atoms with Gasteiger partial charge in [-0.1, -0.05) is 0 Å². The van der Waals surface area contributed by atoms with Crippen molar-refractivity contribution in [3.63, 3.8) is 0 Å². The SMILES string of the molecule is O=C(NC1CC1)C(O)C1CCN(CCn2cccn2)CC1. The minimum Gasteiger partial charge on any atom is -0.383 e. The summed E-state index contributed by atoms with van der Waals surface area (Å²) in [4.78, 5) is 14.2. The number of amides is 1. The van der Waals surface area contributed by atoms with Gasteiger partial charge in [0.2, 0.25) is 5.91 Å². The fourth-order valence-corrected chi connectivity index (χ4v) is 2.90. The minimum absolute atomic E-state index is 0.102. The summed E-state index contributed by atoms with van der Waals surface area (Å²) in [6, 6.07) is 2.25. The summed E-state index contributed by atoms with van der Waals surface area (Å²) in [7, 11) is 0. The maximum absolute atomic E-state index is 11.9. The maximum Gasteiger partial charge on any atom is 0.249 e. The van der Waals surface area contributed by atoms with Crippen LogP contribution in [0.5, 0.6) is 0 Å². The van der Waals surface area contributed by atoms with Crippen molar-refractivity contribution in [3.05, 3.63) is 18.5 Å². The highest BCUT2D eigenvalue weighted by molar-refractivity contribution is 5.81. The second-order valence-corrected chi connectivity index (χ2v) is 6.18. The number of rotatable bonds is 6. The molecule has 2 aliphatic rings. The van der Waals surface area contributed by atoms with Crippen LogP contribution in [-0.4, -0.2) is 57.5 Å². The first-order valence-electron chi connectivity index (χ1n) is 7.90. The molecule has 6 nitrogen and oxygen atoms in total. The molecule has 1 saturated heterocycles. The van der Waals surface area contributed by atoms with Gasteiger partial charge in [0.25, 0.3) is 0 Å². The van der Waals surface area contributed by atoms with Crippen molar-refractivity contribution >= 4 is 5.91 Å². The van der Waals surface area contributed by atoms with E-state index in [-0.39, 0.29) is 11.8 Å². The largest absolute Gasteiger partial charge is 0.383 e. The molecular formula is C15H24N4O2. The van der Waals surface area contributed by atoms with Crippen LogP contribution < -0.4 is 5.32 Å². The molecule has 1 aliphatic carbocycles. The lowest BCUT2D eigenvalue weighted by Gasteiger charge is -2.33. The molecule has 1 aromatic heterocycles. The summed E-state index contributed by atoms with van der Waals surface area (Å²) >= 11 is 0. The van der Waals surface area contributed by atoms with Gasteiger partial charge in [-0.15, -0.1) is 0 Å². The van der Waals surface area contributed by atoms with Gasteiger partial charge in [-0.3, -0.25) is 9.48 Å². The topological polar surface area (TPSA) is 70.4 Å². The molecule has 2 heterocycles. The normalized spacial score (nSPS) is 22.1. The molecule has 0 bridgehead atoms.